The van der Waals surface area contributed by atoms with Crippen molar-refractivity contribution in [3.63, 3.8) is 0 Å². The van der Waals surface area contributed by atoms with Crippen LogP contribution < -0.4 is 5.32 Å². The molecular formula is C18H31IN4S. The second-order valence-corrected chi connectivity index (χ2v) is 8.22. The van der Waals surface area contributed by atoms with Gasteiger partial charge in [0.15, 0.2) is 5.96 Å². The average molecular weight is 462 g/mol. The van der Waals surface area contributed by atoms with E-state index in [9.17, 15) is 0 Å². The van der Waals surface area contributed by atoms with Crippen molar-refractivity contribution < 1.29 is 0 Å². The summed E-state index contributed by atoms with van der Waals surface area (Å²) < 4.78 is 0. The summed E-state index contributed by atoms with van der Waals surface area (Å²) in [6, 6.07) is 0. The highest BCUT2D eigenvalue weighted by Gasteiger charge is 2.35. The summed E-state index contributed by atoms with van der Waals surface area (Å²) in [4.78, 5) is 13.3. The summed E-state index contributed by atoms with van der Waals surface area (Å²) in [5.41, 5.74) is 1.18. The Kier molecular flexibility index (Phi) is 7.78. The molecule has 1 saturated carbocycles. The molecule has 0 aromatic carbocycles. The molecule has 0 radical (unpaired) electrons. The fourth-order valence-electron chi connectivity index (χ4n) is 4.07. The Morgan fingerprint density at radius 3 is 2.46 bits per heavy atom. The van der Waals surface area contributed by atoms with Crippen LogP contribution in [-0.2, 0) is 6.42 Å². The number of nitrogens with one attached hydrogen (secondary N) is 1. The van der Waals surface area contributed by atoms with Gasteiger partial charge in [-0.25, -0.2) is 4.98 Å². The zero-order valence-corrected chi connectivity index (χ0v) is 18.3. The number of fused-ring (bicyclic) bond motifs is 1. The first-order valence-electron chi connectivity index (χ1n) is 9.13. The fourth-order valence-corrected chi connectivity index (χ4v) is 5.00. The van der Waals surface area contributed by atoms with Gasteiger partial charge in [-0.1, -0.05) is 12.8 Å². The first kappa shape index (κ1) is 19.9. The van der Waals surface area contributed by atoms with Gasteiger partial charge in [-0.15, -0.1) is 35.3 Å². The largest absolute Gasteiger partial charge is 0.357 e. The normalized spacial score (nSPS) is 23.8. The van der Waals surface area contributed by atoms with Crippen LogP contribution in [0.2, 0.25) is 0 Å². The van der Waals surface area contributed by atoms with Crippen LogP contribution in [0.4, 0.5) is 0 Å². The predicted octanol–water partition coefficient (Wildman–Crippen LogP) is 4.01. The number of hydrogen-bond donors (Lipinski definition) is 1. The third kappa shape index (κ3) is 4.84. The van der Waals surface area contributed by atoms with Crippen LogP contribution in [0.1, 0.15) is 48.2 Å². The molecule has 3 rings (SSSR count). The first-order chi connectivity index (χ1) is 11.2. The molecule has 2 heterocycles. The third-order valence-electron chi connectivity index (χ3n) is 5.21. The molecule has 24 heavy (non-hydrogen) atoms. The number of halogens is 1. The maximum absolute atomic E-state index is 4.91. The molecular weight excluding hydrogens is 431 g/mol. The molecule has 1 N–H and O–H groups in total. The van der Waals surface area contributed by atoms with E-state index in [0.29, 0.717) is 0 Å². The minimum atomic E-state index is 0. The molecule has 1 aromatic heterocycles. The van der Waals surface area contributed by atoms with Crippen LogP contribution in [0.3, 0.4) is 0 Å². The molecule has 136 valence electrons. The summed E-state index contributed by atoms with van der Waals surface area (Å²) >= 11 is 1.81. The van der Waals surface area contributed by atoms with Crippen LogP contribution in [0.5, 0.6) is 0 Å². The van der Waals surface area contributed by atoms with Crippen molar-refractivity contribution in [2.75, 3.05) is 26.2 Å². The van der Waals surface area contributed by atoms with Gasteiger partial charge in [-0.2, -0.15) is 0 Å². The molecule has 0 bridgehead atoms. The molecule has 2 fully saturated rings. The Balaban J connectivity index is 0.00000208. The van der Waals surface area contributed by atoms with E-state index in [-0.39, 0.29) is 24.0 Å². The van der Waals surface area contributed by atoms with Crippen molar-refractivity contribution in [1.82, 2.24) is 15.2 Å². The third-order valence-corrected chi connectivity index (χ3v) is 6.34. The van der Waals surface area contributed by atoms with Crippen molar-refractivity contribution >= 4 is 41.3 Å². The molecule has 1 aliphatic heterocycles. The van der Waals surface area contributed by atoms with E-state index >= 15 is 0 Å². The Morgan fingerprint density at radius 2 is 1.92 bits per heavy atom. The van der Waals surface area contributed by atoms with E-state index in [0.717, 1.165) is 42.3 Å². The molecule has 0 spiro atoms. The number of likely N-dealkylation sites (tertiary alicyclic amines) is 1. The summed E-state index contributed by atoms with van der Waals surface area (Å²) in [7, 11) is 0. The van der Waals surface area contributed by atoms with Crippen LogP contribution in [0.15, 0.2) is 4.99 Å². The maximum Gasteiger partial charge on any atom is 0.193 e. The second-order valence-electron chi connectivity index (χ2n) is 6.94. The van der Waals surface area contributed by atoms with Crippen molar-refractivity contribution in [2.45, 2.75) is 52.9 Å². The van der Waals surface area contributed by atoms with Gasteiger partial charge in [-0.3, -0.25) is 4.99 Å². The number of nitrogens with zero attached hydrogens (tertiary/aromatic N) is 3. The lowest BCUT2D eigenvalue weighted by Gasteiger charge is -2.22. The van der Waals surface area contributed by atoms with Crippen LogP contribution >= 0.6 is 35.3 Å². The number of guanidine groups is 1. The van der Waals surface area contributed by atoms with E-state index in [4.69, 9.17) is 4.99 Å². The molecule has 0 amide bonds. The van der Waals surface area contributed by atoms with Gasteiger partial charge in [0.2, 0.25) is 0 Å². The van der Waals surface area contributed by atoms with Crippen molar-refractivity contribution in [3.8, 4) is 0 Å². The van der Waals surface area contributed by atoms with Crippen molar-refractivity contribution in [1.29, 1.82) is 0 Å². The predicted molar refractivity (Wildman–Crippen MR) is 114 cm³/mol. The Hall–Kier alpha value is -0.370. The van der Waals surface area contributed by atoms with Crippen molar-refractivity contribution in [2.24, 2.45) is 16.8 Å². The lowest BCUT2D eigenvalue weighted by molar-refractivity contribution is 0.299. The number of aliphatic imine (C=N–C) groups is 1. The van der Waals surface area contributed by atoms with E-state index in [1.807, 2.05) is 11.3 Å². The van der Waals surface area contributed by atoms with E-state index < -0.39 is 0 Å². The summed E-state index contributed by atoms with van der Waals surface area (Å²) in [6.45, 7) is 10.6. The SMILES string of the molecule is CCNC(=NCCc1sc(C)nc1C)N1CC2CCCCC2C1.I. The van der Waals surface area contributed by atoms with E-state index in [1.54, 1.807) is 0 Å². The lowest BCUT2D eigenvalue weighted by Crippen LogP contribution is -2.40. The lowest BCUT2D eigenvalue weighted by atomic mass is 9.82. The smallest absolute Gasteiger partial charge is 0.193 e. The zero-order valence-electron chi connectivity index (χ0n) is 15.2. The second kappa shape index (κ2) is 9.36. The van der Waals surface area contributed by atoms with Gasteiger partial charge >= 0.3 is 0 Å². The van der Waals surface area contributed by atoms with E-state index in [1.165, 1.54) is 49.3 Å². The van der Waals surface area contributed by atoms with Crippen LogP contribution in [-0.4, -0.2) is 42.0 Å². The topological polar surface area (TPSA) is 40.5 Å². The summed E-state index contributed by atoms with van der Waals surface area (Å²) in [6.07, 6.45) is 6.69. The Labute approximate surface area is 167 Å². The van der Waals surface area contributed by atoms with E-state index in [2.05, 4.69) is 36.0 Å². The highest BCUT2D eigenvalue weighted by Crippen LogP contribution is 2.35. The van der Waals surface area contributed by atoms with Gasteiger partial charge in [-0.05, 0) is 45.4 Å². The molecule has 1 saturated heterocycles. The van der Waals surface area contributed by atoms with Crippen LogP contribution in [0.25, 0.3) is 0 Å². The highest BCUT2D eigenvalue weighted by atomic mass is 127. The maximum atomic E-state index is 4.91. The van der Waals surface area contributed by atoms with Gasteiger partial charge in [0.05, 0.1) is 10.7 Å². The number of rotatable bonds is 4. The fraction of sp³-hybridized carbons (Fsp3) is 0.778. The standard InChI is InChI=1S/C18H30N4S.HI/c1-4-19-18(20-10-9-17-13(2)21-14(3)23-17)22-11-15-7-5-6-8-16(15)12-22;/h15-16H,4-12H2,1-3H3,(H,19,20);1H. The number of aromatic nitrogens is 1. The molecule has 2 aliphatic rings. The minimum absolute atomic E-state index is 0. The zero-order chi connectivity index (χ0) is 16.2. The monoisotopic (exact) mass is 462 g/mol. The van der Waals surface area contributed by atoms with Gasteiger partial charge < -0.3 is 10.2 Å². The van der Waals surface area contributed by atoms with Gasteiger partial charge in [0.1, 0.15) is 0 Å². The van der Waals surface area contributed by atoms with Gasteiger partial charge in [0.25, 0.3) is 0 Å². The Bertz CT molecular complexity index is 543. The summed E-state index contributed by atoms with van der Waals surface area (Å²) in [5, 5.41) is 4.67. The first-order valence-corrected chi connectivity index (χ1v) is 9.95. The molecule has 2 atom stereocenters. The van der Waals surface area contributed by atoms with Crippen molar-refractivity contribution in [3.05, 3.63) is 15.6 Å². The molecule has 6 heteroatoms. The summed E-state index contributed by atoms with van der Waals surface area (Å²) in [5.74, 6) is 2.93. The van der Waals surface area contributed by atoms with Gasteiger partial charge in [0, 0.05) is 37.5 Å². The molecule has 4 nitrogen and oxygen atoms in total. The number of thiazole rings is 1. The number of hydrogen-bond acceptors (Lipinski definition) is 3. The molecule has 1 aromatic rings. The average Bonchev–Trinajstić information content (AvgIpc) is 3.09. The Morgan fingerprint density at radius 1 is 1.25 bits per heavy atom. The quantitative estimate of drug-likeness (QED) is 0.418. The minimum Gasteiger partial charge on any atom is -0.357 e. The molecule has 2 unspecified atom stereocenters. The number of aryl methyl sites for hydroxylation is 2. The molecule has 1 aliphatic carbocycles. The highest BCUT2D eigenvalue weighted by molar-refractivity contribution is 14.0. The van der Waals surface area contributed by atoms with Crippen LogP contribution in [0, 0.1) is 25.7 Å².